The van der Waals surface area contributed by atoms with Crippen LogP contribution in [0.4, 0.5) is 10.5 Å². The molecule has 0 atom stereocenters. The third kappa shape index (κ3) is 9.29. The summed E-state index contributed by atoms with van der Waals surface area (Å²) in [6.45, 7) is 12.2. The van der Waals surface area contributed by atoms with Crippen molar-refractivity contribution in [3.8, 4) is 0 Å². The largest absolute Gasteiger partial charge is 0.357 e. The lowest BCUT2D eigenvalue weighted by Crippen LogP contribution is -2.36. The van der Waals surface area contributed by atoms with Gasteiger partial charge in [0.05, 0.1) is 18.8 Å². The van der Waals surface area contributed by atoms with Crippen LogP contribution in [0.25, 0.3) is 0 Å². The number of anilines is 1. The van der Waals surface area contributed by atoms with Crippen LogP contribution < -0.4 is 21.3 Å². The Morgan fingerprint density at radius 3 is 2.40 bits per heavy atom. The Balaban J connectivity index is 0.00000450. The Hall–Kier alpha value is -1.88. The molecule has 9 heteroatoms. The van der Waals surface area contributed by atoms with Crippen molar-refractivity contribution in [3.63, 3.8) is 0 Å². The van der Waals surface area contributed by atoms with Gasteiger partial charge in [-0.05, 0) is 44.4 Å². The van der Waals surface area contributed by atoms with E-state index >= 15 is 0 Å². The van der Waals surface area contributed by atoms with Crippen LogP contribution in [0, 0.1) is 0 Å². The van der Waals surface area contributed by atoms with Crippen LogP contribution in [0.2, 0.25) is 0 Å². The molecule has 166 valence electrons. The standard InChI is InChI=1S/C21H32N6OS.HI/c1-6-22-20(24-12-19-27-18(13-29-19)14(2)3)23-11-16-7-9-17(10-8-16)26-21(28)25-15(4)5;/h7-10,13-15H,6,11-12H2,1-5H3,(H2,22,23,24)(H2,25,26,28);1H. The topological polar surface area (TPSA) is 90.4 Å². The summed E-state index contributed by atoms with van der Waals surface area (Å²) in [7, 11) is 0. The molecule has 0 bridgehead atoms. The molecule has 4 N–H and O–H groups in total. The highest BCUT2D eigenvalue weighted by Gasteiger charge is 2.07. The van der Waals surface area contributed by atoms with Crippen molar-refractivity contribution in [2.45, 2.75) is 59.7 Å². The molecular weight excluding hydrogens is 511 g/mol. The van der Waals surface area contributed by atoms with Gasteiger partial charge in [0.2, 0.25) is 0 Å². The lowest BCUT2D eigenvalue weighted by molar-refractivity contribution is 0.250. The lowest BCUT2D eigenvalue weighted by Gasteiger charge is -2.11. The van der Waals surface area contributed by atoms with Crippen LogP contribution in [0.3, 0.4) is 0 Å². The highest BCUT2D eigenvalue weighted by atomic mass is 127. The van der Waals surface area contributed by atoms with E-state index in [1.54, 1.807) is 11.3 Å². The zero-order chi connectivity index (χ0) is 21.2. The van der Waals surface area contributed by atoms with Gasteiger partial charge in [0.15, 0.2) is 5.96 Å². The number of nitrogens with one attached hydrogen (secondary N) is 4. The van der Waals surface area contributed by atoms with Gasteiger partial charge in [0.1, 0.15) is 5.01 Å². The first-order valence-corrected chi connectivity index (χ1v) is 10.9. The molecule has 2 aromatic rings. The number of amides is 2. The molecule has 0 aliphatic heterocycles. The number of aromatic nitrogens is 1. The second-order valence-electron chi connectivity index (χ2n) is 7.32. The fourth-order valence-electron chi connectivity index (χ4n) is 2.47. The van der Waals surface area contributed by atoms with E-state index < -0.39 is 0 Å². The van der Waals surface area contributed by atoms with Crippen LogP contribution in [-0.2, 0) is 13.1 Å². The van der Waals surface area contributed by atoms with E-state index in [0.717, 1.165) is 34.5 Å². The van der Waals surface area contributed by atoms with Crippen LogP contribution in [-0.4, -0.2) is 29.6 Å². The number of carbonyl (C=O) groups excluding carboxylic acids is 1. The zero-order valence-electron chi connectivity index (χ0n) is 18.3. The first kappa shape index (κ1) is 26.2. The third-order valence-corrected chi connectivity index (χ3v) is 4.83. The van der Waals surface area contributed by atoms with Gasteiger partial charge in [0.25, 0.3) is 0 Å². The Bertz CT molecular complexity index is 804. The monoisotopic (exact) mass is 544 g/mol. The lowest BCUT2D eigenvalue weighted by atomic mass is 10.2. The van der Waals surface area contributed by atoms with Gasteiger partial charge in [-0.15, -0.1) is 35.3 Å². The van der Waals surface area contributed by atoms with E-state index in [1.807, 2.05) is 45.0 Å². The molecule has 2 rings (SSSR count). The fraction of sp³-hybridized carbons (Fsp3) is 0.476. The number of halogens is 1. The highest BCUT2D eigenvalue weighted by molar-refractivity contribution is 14.0. The van der Waals surface area contributed by atoms with E-state index in [-0.39, 0.29) is 36.0 Å². The Labute approximate surface area is 200 Å². The van der Waals surface area contributed by atoms with Crippen molar-refractivity contribution < 1.29 is 4.79 Å². The van der Waals surface area contributed by atoms with Crippen molar-refractivity contribution in [1.29, 1.82) is 0 Å². The van der Waals surface area contributed by atoms with Gasteiger partial charge in [-0.3, -0.25) is 0 Å². The van der Waals surface area contributed by atoms with Gasteiger partial charge in [-0.2, -0.15) is 0 Å². The molecule has 1 aromatic carbocycles. The van der Waals surface area contributed by atoms with E-state index in [9.17, 15) is 4.79 Å². The minimum Gasteiger partial charge on any atom is -0.357 e. The average Bonchev–Trinajstić information content (AvgIpc) is 3.14. The summed E-state index contributed by atoms with van der Waals surface area (Å²) < 4.78 is 0. The van der Waals surface area contributed by atoms with Gasteiger partial charge in [0, 0.05) is 23.7 Å². The SMILES string of the molecule is CCNC(=NCc1ccc(NC(=O)NC(C)C)cc1)NCc1nc(C(C)C)cs1.I. The second-order valence-corrected chi connectivity index (χ2v) is 8.26. The van der Waals surface area contributed by atoms with Gasteiger partial charge >= 0.3 is 6.03 Å². The Kier molecular flexibility index (Phi) is 11.7. The van der Waals surface area contributed by atoms with Crippen molar-refractivity contribution in [3.05, 3.63) is 45.9 Å². The predicted octanol–water partition coefficient (Wildman–Crippen LogP) is 4.67. The normalized spacial score (nSPS) is 11.2. The van der Waals surface area contributed by atoms with E-state index in [2.05, 4.69) is 50.5 Å². The maximum Gasteiger partial charge on any atom is 0.319 e. The quantitative estimate of drug-likeness (QED) is 0.221. The molecule has 1 aromatic heterocycles. The molecule has 0 saturated heterocycles. The fourth-order valence-corrected chi connectivity index (χ4v) is 3.36. The third-order valence-electron chi connectivity index (χ3n) is 3.96. The summed E-state index contributed by atoms with van der Waals surface area (Å²) in [6, 6.07) is 7.60. The number of rotatable bonds is 8. The van der Waals surface area contributed by atoms with Gasteiger partial charge in [-0.25, -0.2) is 14.8 Å². The number of hydrogen-bond donors (Lipinski definition) is 4. The molecule has 30 heavy (non-hydrogen) atoms. The smallest absolute Gasteiger partial charge is 0.319 e. The minimum atomic E-state index is -0.202. The van der Waals surface area contributed by atoms with E-state index in [0.29, 0.717) is 19.0 Å². The van der Waals surface area contributed by atoms with Crippen molar-refractivity contribution in [1.82, 2.24) is 20.9 Å². The average molecular weight is 545 g/mol. The minimum absolute atomic E-state index is 0. The Morgan fingerprint density at radius 2 is 1.83 bits per heavy atom. The molecule has 0 aliphatic rings. The summed E-state index contributed by atoms with van der Waals surface area (Å²) >= 11 is 1.67. The van der Waals surface area contributed by atoms with Crippen LogP contribution in [0.15, 0.2) is 34.6 Å². The molecule has 7 nitrogen and oxygen atoms in total. The molecular formula is C21H33IN6OS. The van der Waals surface area contributed by atoms with Gasteiger partial charge < -0.3 is 21.3 Å². The number of nitrogens with zero attached hydrogens (tertiary/aromatic N) is 2. The molecule has 0 radical (unpaired) electrons. The summed E-state index contributed by atoms with van der Waals surface area (Å²) in [6.07, 6.45) is 0. The summed E-state index contributed by atoms with van der Waals surface area (Å²) in [5, 5.41) is 15.4. The van der Waals surface area contributed by atoms with Crippen LogP contribution in [0.1, 0.15) is 56.8 Å². The van der Waals surface area contributed by atoms with Crippen molar-refractivity contribution >= 4 is 53.0 Å². The number of aliphatic imine (C=N–C) groups is 1. The zero-order valence-corrected chi connectivity index (χ0v) is 21.4. The summed E-state index contributed by atoms with van der Waals surface area (Å²) in [5.41, 5.74) is 2.95. The molecule has 0 saturated carbocycles. The summed E-state index contributed by atoms with van der Waals surface area (Å²) in [5.74, 6) is 1.20. The molecule has 1 heterocycles. The van der Waals surface area contributed by atoms with Crippen LogP contribution >= 0.6 is 35.3 Å². The van der Waals surface area contributed by atoms with Gasteiger partial charge in [-0.1, -0.05) is 26.0 Å². The van der Waals surface area contributed by atoms with E-state index in [1.165, 1.54) is 0 Å². The summed E-state index contributed by atoms with van der Waals surface area (Å²) in [4.78, 5) is 21.0. The number of carbonyl (C=O) groups is 1. The predicted molar refractivity (Wildman–Crippen MR) is 137 cm³/mol. The first-order valence-electron chi connectivity index (χ1n) is 10.00. The number of thiazole rings is 1. The van der Waals surface area contributed by atoms with Crippen molar-refractivity contribution in [2.75, 3.05) is 11.9 Å². The highest BCUT2D eigenvalue weighted by Crippen LogP contribution is 2.17. The molecule has 0 aliphatic carbocycles. The maximum atomic E-state index is 11.8. The molecule has 2 amide bonds. The van der Waals surface area contributed by atoms with Crippen LogP contribution in [0.5, 0.6) is 0 Å². The number of guanidine groups is 1. The number of hydrogen-bond acceptors (Lipinski definition) is 4. The van der Waals surface area contributed by atoms with E-state index in [4.69, 9.17) is 0 Å². The molecule has 0 spiro atoms. The number of urea groups is 1. The Morgan fingerprint density at radius 1 is 1.13 bits per heavy atom. The first-order chi connectivity index (χ1) is 13.9. The molecule has 0 unspecified atom stereocenters. The number of benzene rings is 1. The molecule has 0 fully saturated rings. The van der Waals surface area contributed by atoms with Crippen molar-refractivity contribution in [2.24, 2.45) is 4.99 Å². The second kappa shape index (κ2) is 13.4. The maximum absolute atomic E-state index is 11.8.